The lowest BCUT2D eigenvalue weighted by atomic mass is 9.95. The minimum Gasteiger partial charge on any atom is -0.455 e. The third kappa shape index (κ3) is 4.55. The summed E-state index contributed by atoms with van der Waals surface area (Å²) in [5.41, 5.74) is 6.26. The number of nitrogens with zero attached hydrogens (tertiary/aromatic N) is 4. The summed E-state index contributed by atoms with van der Waals surface area (Å²) in [7, 11) is 0. The van der Waals surface area contributed by atoms with Crippen LogP contribution in [0, 0.1) is 0 Å². The summed E-state index contributed by atoms with van der Waals surface area (Å²) in [4.78, 5) is 20.2. The Balaban J connectivity index is 1.23. The van der Waals surface area contributed by atoms with Gasteiger partial charge in [-0.1, -0.05) is 121 Å². The van der Waals surface area contributed by atoms with Crippen LogP contribution in [-0.4, -0.2) is 19.9 Å². The highest BCUT2D eigenvalue weighted by atomic mass is 16.3. The SMILES string of the molecule is c1ccc(-c2nc(-c3ccc4ccccc4c3)nc(-c3cc(-c4nccc5oc6c7ccccc7ccc6c45)c4ccccc4c3)n2)cc1. The Morgan fingerprint density at radius 1 is 0.408 bits per heavy atom. The molecule has 0 aliphatic heterocycles. The molecule has 0 fully saturated rings. The van der Waals surface area contributed by atoms with Gasteiger partial charge in [-0.3, -0.25) is 4.98 Å². The number of hydrogen-bond donors (Lipinski definition) is 0. The van der Waals surface area contributed by atoms with E-state index in [4.69, 9.17) is 24.4 Å². The van der Waals surface area contributed by atoms with Gasteiger partial charge in [-0.15, -0.1) is 0 Å². The number of furan rings is 1. The van der Waals surface area contributed by atoms with Crippen molar-refractivity contribution in [3.05, 3.63) is 158 Å². The Hall–Kier alpha value is -6.72. The van der Waals surface area contributed by atoms with Gasteiger partial charge in [0.25, 0.3) is 0 Å². The van der Waals surface area contributed by atoms with Crippen LogP contribution in [0.1, 0.15) is 0 Å². The van der Waals surface area contributed by atoms with Crippen molar-refractivity contribution in [2.45, 2.75) is 0 Å². The molecule has 0 amide bonds. The van der Waals surface area contributed by atoms with Gasteiger partial charge in [0, 0.05) is 39.2 Å². The topological polar surface area (TPSA) is 64.7 Å². The van der Waals surface area contributed by atoms with E-state index in [-0.39, 0.29) is 0 Å². The van der Waals surface area contributed by atoms with Crippen molar-refractivity contribution in [2.24, 2.45) is 0 Å². The highest BCUT2D eigenvalue weighted by Gasteiger charge is 2.20. The molecule has 0 saturated carbocycles. The van der Waals surface area contributed by atoms with Crippen molar-refractivity contribution in [2.75, 3.05) is 0 Å². The van der Waals surface area contributed by atoms with Gasteiger partial charge in [-0.25, -0.2) is 15.0 Å². The van der Waals surface area contributed by atoms with Crippen molar-refractivity contribution in [3.8, 4) is 45.4 Å². The monoisotopic (exact) mass is 626 g/mol. The molecule has 3 heterocycles. The predicted molar refractivity (Wildman–Crippen MR) is 199 cm³/mol. The Bertz CT molecular complexity index is 2890. The summed E-state index contributed by atoms with van der Waals surface area (Å²) < 4.78 is 6.54. The lowest BCUT2D eigenvalue weighted by Crippen LogP contribution is -2.00. The van der Waals surface area contributed by atoms with Crippen LogP contribution in [-0.2, 0) is 0 Å². The van der Waals surface area contributed by atoms with Crippen LogP contribution in [0.15, 0.2) is 162 Å². The lowest BCUT2D eigenvalue weighted by molar-refractivity contribution is 0.672. The average molecular weight is 627 g/mol. The molecule has 3 aromatic heterocycles. The molecule has 10 aromatic rings. The standard InChI is InChI=1S/C44H26N4O/c1-2-12-29(13-3-1)42-46-43(32-19-18-27-10-4-5-14-30(27)24-32)48-44(47-42)33-25-31-15-7-8-16-34(31)37(26-33)40-39-36-21-20-28-11-6-9-17-35(28)41(36)49-38(39)22-23-45-40/h1-26H. The molecular weight excluding hydrogens is 601 g/mol. The van der Waals surface area contributed by atoms with E-state index in [0.29, 0.717) is 17.5 Å². The maximum absolute atomic E-state index is 6.54. The summed E-state index contributed by atoms with van der Waals surface area (Å²) >= 11 is 0. The Morgan fingerprint density at radius 2 is 1.04 bits per heavy atom. The molecule has 0 aliphatic carbocycles. The summed E-state index contributed by atoms with van der Waals surface area (Å²) in [6.07, 6.45) is 1.83. The van der Waals surface area contributed by atoms with Crippen LogP contribution in [0.4, 0.5) is 0 Å². The van der Waals surface area contributed by atoms with E-state index in [1.807, 2.05) is 42.6 Å². The Labute approximate surface area is 281 Å². The van der Waals surface area contributed by atoms with Gasteiger partial charge in [0.1, 0.15) is 11.2 Å². The van der Waals surface area contributed by atoms with Gasteiger partial charge in [0.15, 0.2) is 17.5 Å². The summed E-state index contributed by atoms with van der Waals surface area (Å²) in [6.45, 7) is 0. The fourth-order valence-corrected chi connectivity index (χ4v) is 6.97. The van der Waals surface area contributed by atoms with Crippen LogP contribution in [0.2, 0.25) is 0 Å². The number of benzene rings is 7. The number of hydrogen-bond acceptors (Lipinski definition) is 5. The molecule has 7 aromatic carbocycles. The highest BCUT2D eigenvalue weighted by molar-refractivity contribution is 6.20. The predicted octanol–water partition coefficient (Wildman–Crippen LogP) is 11.3. The molecule has 0 spiro atoms. The number of aromatic nitrogens is 4. The van der Waals surface area contributed by atoms with E-state index in [0.717, 1.165) is 76.8 Å². The summed E-state index contributed by atoms with van der Waals surface area (Å²) in [5.74, 6) is 1.84. The zero-order chi connectivity index (χ0) is 32.3. The van der Waals surface area contributed by atoms with Gasteiger partial charge in [-0.2, -0.15) is 0 Å². The minimum atomic E-state index is 0.597. The molecule has 228 valence electrons. The van der Waals surface area contributed by atoms with Crippen LogP contribution in [0.25, 0.3) is 99.7 Å². The van der Waals surface area contributed by atoms with Gasteiger partial charge in [-0.05, 0) is 57.3 Å². The van der Waals surface area contributed by atoms with Gasteiger partial charge in [0.2, 0.25) is 0 Å². The average Bonchev–Trinajstić information content (AvgIpc) is 3.57. The molecule has 5 nitrogen and oxygen atoms in total. The fraction of sp³-hybridized carbons (Fsp3) is 0. The first-order valence-corrected chi connectivity index (χ1v) is 16.3. The third-order valence-electron chi connectivity index (χ3n) is 9.32. The fourth-order valence-electron chi connectivity index (χ4n) is 6.97. The molecule has 5 heteroatoms. The first-order chi connectivity index (χ1) is 24.3. The second-order valence-electron chi connectivity index (χ2n) is 12.3. The third-order valence-corrected chi connectivity index (χ3v) is 9.32. The zero-order valence-corrected chi connectivity index (χ0v) is 26.2. The second kappa shape index (κ2) is 10.9. The molecule has 49 heavy (non-hydrogen) atoms. The number of pyridine rings is 1. The number of fused-ring (bicyclic) bond motifs is 7. The van der Waals surface area contributed by atoms with Gasteiger partial charge in [0.05, 0.1) is 11.1 Å². The molecular formula is C44H26N4O. The molecule has 0 aliphatic rings. The minimum absolute atomic E-state index is 0.597. The summed E-state index contributed by atoms with van der Waals surface area (Å²) in [5, 5.41) is 8.72. The Morgan fingerprint density at radius 3 is 1.88 bits per heavy atom. The van der Waals surface area contributed by atoms with Crippen molar-refractivity contribution >= 4 is 54.3 Å². The second-order valence-corrected chi connectivity index (χ2v) is 12.3. The zero-order valence-electron chi connectivity index (χ0n) is 26.2. The van der Waals surface area contributed by atoms with Crippen molar-refractivity contribution in [1.82, 2.24) is 19.9 Å². The molecule has 0 bridgehead atoms. The smallest absolute Gasteiger partial charge is 0.164 e. The van der Waals surface area contributed by atoms with Crippen molar-refractivity contribution < 1.29 is 4.42 Å². The van der Waals surface area contributed by atoms with Crippen LogP contribution in [0.3, 0.4) is 0 Å². The van der Waals surface area contributed by atoms with E-state index in [9.17, 15) is 0 Å². The van der Waals surface area contributed by atoms with Crippen molar-refractivity contribution in [3.63, 3.8) is 0 Å². The van der Waals surface area contributed by atoms with E-state index in [1.54, 1.807) is 0 Å². The number of rotatable bonds is 4. The first-order valence-electron chi connectivity index (χ1n) is 16.3. The maximum atomic E-state index is 6.54. The highest BCUT2D eigenvalue weighted by Crippen LogP contribution is 2.41. The molecule has 0 unspecified atom stereocenters. The molecule has 0 saturated heterocycles. The van der Waals surface area contributed by atoms with E-state index in [1.165, 1.54) is 5.39 Å². The van der Waals surface area contributed by atoms with E-state index < -0.39 is 0 Å². The maximum Gasteiger partial charge on any atom is 0.164 e. The van der Waals surface area contributed by atoms with E-state index >= 15 is 0 Å². The molecule has 0 atom stereocenters. The largest absolute Gasteiger partial charge is 0.455 e. The quantitative estimate of drug-likeness (QED) is 0.194. The molecule has 10 rings (SSSR count). The Kier molecular flexibility index (Phi) is 6.11. The van der Waals surface area contributed by atoms with Crippen LogP contribution < -0.4 is 0 Å². The summed E-state index contributed by atoms with van der Waals surface area (Å²) in [6, 6.07) is 52.1. The van der Waals surface area contributed by atoms with Crippen molar-refractivity contribution in [1.29, 1.82) is 0 Å². The molecule has 0 N–H and O–H groups in total. The lowest BCUT2D eigenvalue weighted by Gasteiger charge is -2.13. The normalized spacial score (nSPS) is 11.7. The van der Waals surface area contributed by atoms with Gasteiger partial charge < -0.3 is 4.42 Å². The molecule has 0 radical (unpaired) electrons. The first kappa shape index (κ1) is 27.4. The van der Waals surface area contributed by atoms with Gasteiger partial charge >= 0.3 is 0 Å². The van der Waals surface area contributed by atoms with Crippen LogP contribution >= 0.6 is 0 Å². The van der Waals surface area contributed by atoms with E-state index in [2.05, 4.69) is 115 Å². The van der Waals surface area contributed by atoms with Crippen LogP contribution in [0.5, 0.6) is 0 Å².